The topological polar surface area (TPSA) is 0 Å². The van der Waals surface area contributed by atoms with Crippen LogP contribution in [0, 0.1) is 34.7 Å². The van der Waals surface area contributed by atoms with Gasteiger partial charge < -0.3 is 0 Å². The van der Waals surface area contributed by atoms with Crippen LogP contribution in [-0.2, 0) is 0 Å². The molecular formula is C24H15PSe. The first-order valence-electron chi connectivity index (χ1n) is 8.09. The molecule has 0 aliphatic rings. The van der Waals surface area contributed by atoms with Gasteiger partial charge in [-0.3, -0.25) is 0 Å². The fourth-order valence-electron chi connectivity index (χ4n) is 2.08. The average molecular weight is 413 g/mol. The van der Waals surface area contributed by atoms with Gasteiger partial charge in [-0.05, 0) is 0 Å². The minimum atomic E-state index is -2.17. The predicted molar refractivity (Wildman–Crippen MR) is 113 cm³/mol. The zero-order valence-electron chi connectivity index (χ0n) is 14.0. The molecule has 0 atom stereocenters. The summed E-state index contributed by atoms with van der Waals surface area (Å²) in [5, 5.41) is 0. The van der Waals surface area contributed by atoms with Crippen LogP contribution >= 0.6 is 5.51 Å². The second-order valence-electron chi connectivity index (χ2n) is 5.42. The van der Waals surface area contributed by atoms with E-state index in [2.05, 4.69) is 49.8 Å². The van der Waals surface area contributed by atoms with Crippen molar-refractivity contribution in [1.82, 2.24) is 0 Å². The van der Waals surface area contributed by atoms with E-state index in [1.165, 1.54) is 0 Å². The third-order valence-electron chi connectivity index (χ3n) is 3.39. The molecule has 0 fully saturated rings. The van der Waals surface area contributed by atoms with Crippen LogP contribution in [-0.4, -0.2) is 15.1 Å². The molecule has 26 heavy (non-hydrogen) atoms. The molecule has 0 bridgehead atoms. The summed E-state index contributed by atoms with van der Waals surface area (Å²) >= 11 is 3.19. The molecule has 3 aromatic rings. The van der Waals surface area contributed by atoms with E-state index in [9.17, 15) is 0 Å². The van der Waals surface area contributed by atoms with Crippen molar-refractivity contribution in [3.8, 4) is 34.7 Å². The summed E-state index contributed by atoms with van der Waals surface area (Å²) in [5.41, 5.74) is 10.7. The summed E-state index contributed by atoms with van der Waals surface area (Å²) in [6.07, 6.45) is 0. The fraction of sp³-hybridized carbons (Fsp3) is 0. The van der Waals surface area contributed by atoms with Crippen LogP contribution < -0.4 is 0 Å². The molecule has 0 aromatic heterocycles. The van der Waals surface area contributed by atoms with Crippen molar-refractivity contribution >= 4 is 20.6 Å². The van der Waals surface area contributed by atoms with Gasteiger partial charge in [0.1, 0.15) is 0 Å². The first-order valence-corrected chi connectivity index (χ1v) is 12.1. The van der Waals surface area contributed by atoms with E-state index < -0.39 is 5.51 Å². The van der Waals surface area contributed by atoms with E-state index in [4.69, 9.17) is 0 Å². The van der Waals surface area contributed by atoms with Crippen molar-refractivity contribution in [2.45, 2.75) is 0 Å². The van der Waals surface area contributed by atoms with Crippen molar-refractivity contribution in [1.29, 1.82) is 0 Å². The molecule has 3 aromatic carbocycles. The van der Waals surface area contributed by atoms with E-state index in [0.717, 1.165) is 16.7 Å². The molecule has 0 saturated carbocycles. The summed E-state index contributed by atoms with van der Waals surface area (Å²) in [4.78, 5) is 0. The molecule has 0 N–H and O–H groups in total. The Labute approximate surface area is 162 Å². The monoisotopic (exact) mass is 414 g/mol. The number of hydrogen-bond donors (Lipinski definition) is 0. The maximum absolute atomic E-state index is 3.31. The Hall–Kier alpha value is -2.71. The van der Waals surface area contributed by atoms with Gasteiger partial charge in [-0.15, -0.1) is 0 Å². The van der Waals surface area contributed by atoms with Gasteiger partial charge in [-0.2, -0.15) is 0 Å². The molecule has 0 spiro atoms. The first kappa shape index (κ1) is 18.1. The van der Waals surface area contributed by atoms with Crippen LogP contribution in [0.3, 0.4) is 0 Å². The second kappa shape index (κ2) is 9.12. The van der Waals surface area contributed by atoms with Gasteiger partial charge in [0.15, 0.2) is 0 Å². The summed E-state index contributed by atoms with van der Waals surface area (Å²) in [6.45, 7) is 0. The van der Waals surface area contributed by atoms with Crippen molar-refractivity contribution in [3.63, 3.8) is 0 Å². The quantitative estimate of drug-likeness (QED) is 0.273. The van der Waals surface area contributed by atoms with Crippen LogP contribution in [0.2, 0.25) is 0 Å². The molecule has 2 heteroatoms. The molecule has 0 unspecified atom stereocenters. The Bertz CT molecular complexity index is 952. The summed E-state index contributed by atoms with van der Waals surface area (Å²) < 4.78 is 0. The van der Waals surface area contributed by atoms with Gasteiger partial charge in [0.05, 0.1) is 0 Å². The maximum atomic E-state index is 3.31. The molecule has 0 radical (unpaired) electrons. The van der Waals surface area contributed by atoms with Crippen LogP contribution in [0.1, 0.15) is 16.7 Å². The molecule has 0 saturated heterocycles. The standard InChI is InChI=1S/C24H15PSe/c26-25(19-16-22-10-4-1-5-11-22,20-17-23-12-6-2-7-13-23)21-18-24-14-8-3-9-15-24/h1-15H. The van der Waals surface area contributed by atoms with Crippen molar-refractivity contribution < 1.29 is 0 Å². The van der Waals surface area contributed by atoms with Crippen molar-refractivity contribution in [2.75, 3.05) is 0 Å². The third kappa shape index (κ3) is 5.68. The fourth-order valence-corrected chi connectivity index (χ4v) is 3.97. The number of hydrogen-bond acceptors (Lipinski definition) is 0. The van der Waals surface area contributed by atoms with Gasteiger partial charge in [0.25, 0.3) is 0 Å². The van der Waals surface area contributed by atoms with Gasteiger partial charge in [-0.25, -0.2) is 0 Å². The normalized spacial score (nSPS) is 9.54. The molecular weight excluding hydrogens is 398 g/mol. The number of rotatable bonds is 0. The van der Waals surface area contributed by atoms with E-state index in [-0.39, 0.29) is 0 Å². The Morgan fingerprint density at radius 3 is 1.00 bits per heavy atom. The Kier molecular flexibility index (Phi) is 6.34. The second-order valence-corrected chi connectivity index (χ2v) is 10.8. The first-order chi connectivity index (χ1) is 12.7. The predicted octanol–water partition coefficient (Wildman–Crippen LogP) is 5.12. The average Bonchev–Trinajstić information content (AvgIpc) is 2.72. The van der Waals surface area contributed by atoms with Gasteiger partial charge >= 0.3 is 163 Å². The van der Waals surface area contributed by atoms with Crippen LogP contribution in [0.4, 0.5) is 0 Å². The third-order valence-corrected chi connectivity index (χ3v) is 6.40. The van der Waals surface area contributed by atoms with Crippen LogP contribution in [0.15, 0.2) is 91.0 Å². The molecule has 122 valence electrons. The Morgan fingerprint density at radius 1 is 0.462 bits per heavy atom. The van der Waals surface area contributed by atoms with Gasteiger partial charge in [0.2, 0.25) is 0 Å². The van der Waals surface area contributed by atoms with E-state index in [0.29, 0.717) is 0 Å². The molecule has 0 aliphatic carbocycles. The Balaban J connectivity index is 1.99. The van der Waals surface area contributed by atoms with E-state index >= 15 is 0 Å². The summed E-state index contributed by atoms with van der Waals surface area (Å²) in [5.74, 6) is 9.66. The van der Waals surface area contributed by atoms with E-state index in [1.807, 2.05) is 91.0 Å². The zero-order valence-corrected chi connectivity index (χ0v) is 16.6. The molecule has 3 rings (SSSR count). The molecule has 0 amide bonds. The van der Waals surface area contributed by atoms with Gasteiger partial charge in [-0.1, -0.05) is 0 Å². The minimum absolute atomic E-state index is 0.968. The SMILES string of the molecule is [Se]=P(C#Cc1ccccc1)(C#Cc1ccccc1)C#Cc1ccccc1. The summed E-state index contributed by atoms with van der Waals surface area (Å²) in [7, 11) is 0. The molecule has 0 heterocycles. The van der Waals surface area contributed by atoms with E-state index in [1.54, 1.807) is 0 Å². The van der Waals surface area contributed by atoms with Crippen molar-refractivity contribution in [2.24, 2.45) is 0 Å². The van der Waals surface area contributed by atoms with Crippen LogP contribution in [0.25, 0.3) is 0 Å². The Morgan fingerprint density at radius 2 is 0.731 bits per heavy atom. The number of benzene rings is 3. The van der Waals surface area contributed by atoms with Crippen LogP contribution in [0.5, 0.6) is 0 Å². The van der Waals surface area contributed by atoms with Crippen molar-refractivity contribution in [3.05, 3.63) is 108 Å². The zero-order chi connectivity index (χ0) is 18.1. The molecule has 0 aliphatic heterocycles. The molecule has 0 nitrogen and oxygen atoms in total. The van der Waals surface area contributed by atoms with Gasteiger partial charge in [0, 0.05) is 0 Å². The summed E-state index contributed by atoms with van der Waals surface area (Å²) in [6, 6.07) is 29.8.